The van der Waals surface area contributed by atoms with Gasteiger partial charge < -0.3 is 5.11 Å². The highest BCUT2D eigenvalue weighted by Gasteiger charge is 2.28. The number of hydrogen-bond donors (Lipinski definition) is 2. The molecule has 0 aromatic rings. The maximum Gasteiger partial charge on any atom is 0.0679 e. The van der Waals surface area contributed by atoms with E-state index in [1.54, 1.807) is 0 Å². The minimum Gasteiger partial charge on any atom is -0.392 e. The van der Waals surface area contributed by atoms with E-state index in [9.17, 15) is 5.11 Å². The molecule has 0 unspecified atom stereocenters. The number of aliphatic hydroxyl groups is 1. The molecule has 2 heterocycles. The lowest BCUT2D eigenvalue weighted by molar-refractivity contribution is 0.109. The first-order valence-corrected chi connectivity index (χ1v) is 5.17. The molecule has 0 amide bonds. The zero-order chi connectivity index (χ0) is 9.26. The summed E-state index contributed by atoms with van der Waals surface area (Å²) in [6, 6.07) is 0.664. The van der Waals surface area contributed by atoms with Crippen molar-refractivity contribution in [3.8, 4) is 0 Å². The number of likely N-dealkylation sites (tertiary alicyclic amines) is 1. The minimum atomic E-state index is -0.0871. The zero-order valence-corrected chi connectivity index (χ0v) is 8.02. The van der Waals surface area contributed by atoms with Gasteiger partial charge in [0.1, 0.15) is 0 Å². The number of hydrazine groups is 1. The molecule has 0 saturated carbocycles. The highest BCUT2D eigenvalue weighted by atomic mass is 16.3. The van der Waals surface area contributed by atoms with Crippen LogP contribution in [0.15, 0.2) is 0 Å². The summed E-state index contributed by atoms with van der Waals surface area (Å²) < 4.78 is 0. The Hall–Kier alpha value is -0.160. The lowest BCUT2D eigenvalue weighted by Crippen LogP contribution is -2.46. The number of nitrogens with two attached hydrogens (primary N) is 1. The Kier molecular flexibility index (Phi) is 2.83. The van der Waals surface area contributed by atoms with E-state index in [0.29, 0.717) is 6.04 Å². The fourth-order valence-electron chi connectivity index (χ4n) is 2.35. The summed E-state index contributed by atoms with van der Waals surface area (Å²) in [5.74, 6) is 5.69. The summed E-state index contributed by atoms with van der Waals surface area (Å²) in [7, 11) is 0. The number of rotatable bonds is 1. The minimum absolute atomic E-state index is 0.0871. The first kappa shape index (κ1) is 9.40. The molecule has 3 N–H and O–H groups in total. The number of nitrogens with zero attached hydrogens (tertiary/aromatic N) is 2. The van der Waals surface area contributed by atoms with Crippen molar-refractivity contribution in [2.75, 3.05) is 26.2 Å². The average molecular weight is 185 g/mol. The van der Waals surface area contributed by atoms with Gasteiger partial charge in [0.15, 0.2) is 0 Å². The van der Waals surface area contributed by atoms with Crippen LogP contribution >= 0.6 is 0 Å². The summed E-state index contributed by atoms with van der Waals surface area (Å²) >= 11 is 0. The molecule has 2 fully saturated rings. The van der Waals surface area contributed by atoms with Gasteiger partial charge in [0.2, 0.25) is 0 Å². The quantitative estimate of drug-likeness (QED) is 0.535. The molecule has 13 heavy (non-hydrogen) atoms. The molecule has 2 aliphatic rings. The molecule has 1 atom stereocenters. The summed E-state index contributed by atoms with van der Waals surface area (Å²) in [6.07, 6.45) is 3.17. The second kappa shape index (κ2) is 3.92. The van der Waals surface area contributed by atoms with Crippen LogP contribution in [0.2, 0.25) is 0 Å². The van der Waals surface area contributed by atoms with Crippen molar-refractivity contribution >= 4 is 0 Å². The maximum absolute atomic E-state index is 9.41. The highest BCUT2D eigenvalue weighted by molar-refractivity contribution is 4.84. The monoisotopic (exact) mass is 185 g/mol. The smallest absolute Gasteiger partial charge is 0.0679 e. The average Bonchev–Trinajstić information content (AvgIpc) is 2.53. The van der Waals surface area contributed by atoms with Gasteiger partial charge in [-0.25, -0.2) is 5.01 Å². The molecule has 0 spiro atoms. The predicted molar refractivity (Wildman–Crippen MR) is 51.0 cm³/mol. The summed E-state index contributed by atoms with van der Waals surface area (Å²) in [5.41, 5.74) is 0. The predicted octanol–water partition coefficient (Wildman–Crippen LogP) is -0.609. The van der Waals surface area contributed by atoms with E-state index in [2.05, 4.69) is 4.90 Å². The molecule has 0 aliphatic carbocycles. The van der Waals surface area contributed by atoms with Crippen LogP contribution in [0.5, 0.6) is 0 Å². The van der Waals surface area contributed by atoms with Gasteiger partial charge in [0.25, 0.3) is 0 Å². The first-order valence-electron chi connectivity index (χ1n) is 5.17. The van der Waals surface area contributed by atoms with Crippen LogP contribution in [0.4, 0.5) is 0 Å². The first-order chi connectivity index (χ1) is 6.25. The lowest BCUT2D eigenvalue weighted by atomic mass is 10.1. The summed E-state index contributed by atoms with van der Waals surface area (Å²) in [5, 5.41) is 11.3. The third kappa shape index (κ3) is 2.20. The standard InChI is InChI=1S/C9H19N3O/c10-12-5-1-8(2-6-12)11-4-3-9(13)7-11/h8-9,13H,1-7,10H2/t9-/m0/s1. The Morgan fingerprint density at radius 2 is 1.77 bits per heavy atom. The fraction of sp³-hybridized carbons (Fsp3) is 1.00. The van der Waals surface area contributed by atoms with E-state index in [1.807, 2.05) is 5.01 Å². The van der Waals surface area contributed by atoms with Gasteiger partial charge >= 0.3 is 0 Å². The van der Waals surface area contributed by atoms with Gasteiger partial charge in [-0.2, -0.15) is 0 Å². The molecule has 4 nitrogen and oxygen atoms in total. The van der Waals surface area contributed by atoms with E-state index >= 15 is 0 Å². The number of aliphatic hydroxyl groups excluding tert-OH is 1. The van der Waals surface area contributed by atoms with Gasteiger partial charge in [-0.1, -0.05) is 0 Å². The van der Waals surface area contributed by atoms with E-state index < -0.39 is 0 Å². The third-order valence-corrected chi connectivity index (χ3v) is 3.21. The van der Waals surface area contributed by atoms with Crippen molar-refractivity contribution in [3.05, 3.63) is 0 Å². The van der Waals surface area contributed by atoms with Gasteiger partial charge in [-0.15, -0.1) is 0 Å². The second-order valence-electron chi connectivity index (χ2n) is 4.20. The van der Waals surface area contributed by atoms with E-state index in [-0.39, 0.29) is 6.10 Å². The Bertz CT molecular complexity index is 168. The normalized spacial score (nSPS) is 34.2. The molecular weight excluding hydrogens is 166 g/mol. The summed E-state index contributed by atoms with van der Waals surface area (Å²) in [4.78, 5) is 2.41. The van der Waals surface area contributed by atoms with Crippen molar-refractivity contribution in [3.63, 3.8) is 0 Å². The molecule has 76 valence electrons. The summed E-state index contributed by atoms with van der Waals surface area (Å²) in [6.45, 7) is 3.93. The van der Waals surface area contributed by atoms with Gasteiger partial charge in [-0.3, -0.25) is 10.7 Å². The van der Waals surface area contributed by atoms with E-state index in [4.69, 9.17) is 5.84 Å². The Labute approximate surface area is 79.3 Å². The van der Waals surface area contributed by atoms with E-state index in [0.717, 1.165) is 45.4 Å². The Morgan fingerprint density at radius 3 is 2.31 bits per heavy atom. The SMILES string of the molecule is NN1CCC(N2CC[C@H](O)C2)CC1. The van der Waals surface area contributed by atoms with Crippen molar-refractivity contribution < 1.29 is 5.11 Å². The largest absolute Gasteiger partial charge is 0.392 e. The zero-order valence-electron chi connectivity index (χ0n) is 8.02. The van der Waals surface area contributed by atoms with Crippen molar-refractivity contribution in [1.82, 2.24) is 9.91 Å². The Balaban J connectivity index is 1.81. The van der Waals surface area contributed by atoms with Crippen LogP contribution in [-0.4, -0.2) is 53.3 Å². The number of hydrogen-bond acceptors (Lipinski definition) is 4. The molecule has 2 saturated heterocycles. The molecule has 4 heteroatoms. The molecule has 0 radical (unpaired) electrons. The van der Waals surface area contributed by atoms with Crippen LogP contribution in [-0.2, 0) is 0 Å². The van der Waals surface area contributed by atoms with Gasteiger partial charge in [-0.05, 0) is 19.3 Å². The number of β-amino-alcohol motifs (C(OH)–C–C–N with tert-alkyl or cyclic N) is 1. The van der Waals surface area contributed by atoms with Crippen LogP contribution < -0.4 is 5.84 Å². The van der Waals surface area contributed by atoms with Crippen LogP contribution in [0, 0.1) is 0 Å². The van der Waals surface area contributed by atoms with E-state index in [1.165, 1.54) is 0 Å². The molecule has 2 rings (SSSR count). The lowest BCUT2D eigenvalue weighted by Gasteiger charge is -2.34. The van der Waals surface area contributed by atoms with Crippen LogP contribution in [0.25, 0.3) is 0 Å². The van der Waals surface area contributed by atoms with Crippen LogP contribution in [0.1, 0.15) is 19.3 Å². The van der Waals surface area contributed by atoms with Crippen molar-refractivity contribution in [2.24, 2.45) is 5.84 Å². The highest BCUT2D eigenvalue weighted by Crippen LogP contribution is 2.19. The molecule has 0 aromatic carbocycles. The second-order valence-corrected chi connectivity index (χ2v) is 4.20. The topological polar surface area (TPSA) is 52.7 Å². The molecule has 0 bridgehead atoms. The van der Waals surface area contributed by atoms with Crippen LogP contribution in [0.3, 0.4) is 0 Å². The molecule has 0 aromatic heterocycles. The number of piperidine rings is 1. The third-order valence-electron chi connectivity index (χ3n) is 3.21. The van der Waals surface area contributed by atoms with Gasteiger partial charge in [0, 0.05) is 32.2 Å². The van der Waals surface area contributed by atoms with Crippen molar-refractivity contribution in [2.45, 2.75) is 31.4 Å². The fourth-order valence-corrected chi connectivity index (χ4v) is 2.35. The van der Waals surface area contributed by atoms with Crippen molar-refractivity contribution in [1.29, 1.82) is 0 Å². The Morgan fingerprint density at radius 1 is 1.08 bits per heavy atom. The maximum atomic E-state index is 9.41. The van der Waals surface area contributed by atoms with Gasteiger partial charge in [0.05, 0.1) is 6.10 Å². The molecule has 2 aliphatic heterocycles. The molecular formula is C9H19N3O.